The van der Waals surface area contributed by atoms with Crippen LogP contribution in [0.25, 0.3) is 10.9 Å². The molecule has 1 aromatic heterocycles. The molecule has 4 amide bonds. The highest BCUT2D eigenvalue weighted by Gasteiger charge is 2.62. The first kappa shape index (κ1) is 41.6. The van der Waals surface area contributed by atoms with E-state index >= 15 is 0 Å². The lowest BCUT2D eigenvalue weighted by Gasteiger charge is -2.35. The van der Waals surface area contributed by atoms with Gasteiger partial charge in [-0.3, -0.25) is 19.1 Å². The molecule has 3 aliphatic carbocycles. The Balaban J connectivity index is 1.27. The number of sulfonamides is 1. The van der Waals surface area contributed by atoms with Gasteiger partial charge in [0.2, 0.25) is 21.8 Å². The average Bonchev–Trinajstić information content (AvgIpc) is 4.12. The van der Waals surface area contributed by atoms with Crippen molar-refractivity contribution < 1.29 is 41.8 Å². The van der Waals surface area contributed by atoms with Gasteiger partial charge in [-0.1, -0.05) is 39.2 Å². The lowest BCUT2D eigenvalue weighted by molar-refractivity contribution is -0.142. The molecule has 5 atom stereocenters. The van der Waals surface area contributed by atoms with E-state index in [1.165, 1.54) is 11.0 Å². The lowest BCUT2D eigenvalue weighted by atomic mass is 9.83. The van der Waals surface area contributed by atoms with Crippen LogP contribution in [0.1, 0.15) is 90.0 Å². The number of alkyl carbamates (subject to hydrolysis) is 1. The van der Waals surface area contributed by atoms with E-state index in [0.29, 0.717) is 54.9 Å². The molecule has 58 heavy (non-hydrogen) atoms. The Bertz CT molecular complexity index is 2060. The van der Waals surface area contributed by atoms with Crippen molar-refractivity contribution in [1.82, 2.24) is 25.2 Å². The van der Waals surface area contributed by atoms with Crippen molar-refractivity contribution >= 4 is 50.6 Å². The monoisotopic (exact) mass is 822 g/mol. The average molecular weight is 823 g/mol. The number of hydrogen-bond acceptors (Lipinski definition) is 11. The first-order chi connectivity index (χ1) is 27.5. The van der Waals surface area contributed by atoms with Crippen molar-refractivity contribution in [2.45, 2.75) is 120 Å². The Hall–Kier alpha value is -4.60. The van der Waals surface area contributed by atoms with Crippen LogP contribution in [0, 0.1) is 17.3 Å². The van der Waals surface area contributed by atoms with Crippen LogP contribution < -0.4 is 29.7 Å². The first-order valence-electron chi connectivity index (χ1n) is 20.6. The van der Waals surface area contributed by atoms with Crippen LogP contribution in [-0.4, -0.2) is 105 Å². The van der Waals surface area contributed by atoms with E-state index in [1.807, 2.05) is 51.0 Å². The number of ether oxygens (including phenoxy) is 3. The standard InChI is InChI=1S/C42H58N6O9S/c1-7-27-22-42(27,39(51)46-58(53,54)29-15-16-29)45-37(49)32-19-28-23-48(32)38(50)36(25-12-9-8-10-13-25)44-40(52)56-24-41(2,3)17-11-14-26-18-30-31(20-33(26)55-6)43-35(47(4)5)21-34(30)57-28/h7,18,20-21,25,27-29,32,36H,1,8-17,19,22-24H2,2-6H3,(H,44,52)(H,45,49)(H,46,51)/t27-,28+,32-,36-,42-/m0/s1. The summed E-state index contributed by atoms with van der Waals surface area (Å²) in [6.45, 7) is 8.04. The lowest BCUT2D eigenvalue weighted by Crippen LogP contribution is -2.59. The van der Waals surface area contributed by atoms with Crippen molar-refractivity contribution in [3.63, 3.8) is 0 Å². The second-order valence-electron chi connectivity index (χ2n) is 17.8. The zero-order valence-corrected chi connectivity index (χ0v) is 35.1. The fraction of sp³-hybridized carbons (Fsp3) is 0.643. The Labute approximate surface area is 341 Å². The number of pyridine rings is 1. The fourth-order valence-corrected chi connectivity index (χ4v) is 10.2. The maximum absolute atomic E-state index is 15.0. The van der Waals surface area contributed by atoms with E-state index in [0.717, 1.165) is 43.1 Å². The van der Waals surface area contributed by atoms with Gasteiger partial charge in [0.15, 0.2) is 0 Å². The molecule has 1 aromatic carbocycles. The minimum Gasteiger partial charge on any atom is -0.496 e. The number of aromatic nitrogens is 1. The molecule has 15 nitrogen and oxygen atoms in total. The Kier molecular flexibility index (Phi) is 11.6. The van der Waals surface area contributed by atoms with Gasteiger partial charge in [-0.05, 0) is 74.3 Å². The second-order valence-corrected chi connectivity index (χ2v) is 19.8. The van der Waals surface area contributed by atoms with Gasteiger partial charge >= 0.3 is 6.09 Å². The molecule has 0 unspecified atom stereocenters. The van der Waals surface area contributed by atoms with E-state index < -0.39 is 68.7 Å². The van der Waals surface area contributed by atoms with Gasteiger partial charge in [0.25, 0.3) is 5.91 Å². The van der Waals surface area contributed by atoms with Crippen LogP contribution in [0.5, 0.6) is 11.5 Å². The third-order valence-electron chi connectivity index (χ3n) is 12.6. The third-order valence-corrected chi connectivity index (χ3v) is 14.4. The maximum atomic E-state index is 15.0. The van der Waals surface area contributed by atoms with Crippen molar-refractivity contribution in [3.05, 3.63) is 36.4 Å². The SMILES string of the molecule is C=C[C@H]1C[C@@]1(NC(=O)[C@@H]1C[C@@H]2CN1C(=O)[C@H](C1CCCCC1)NC(=O)OCC(C)(C)CCCc1cc3c(cc(N(C)C)nc3cc1OC)O2)C(=O)NS(=O)(=O)C1CC1. The summed E-state index contributed by atoms with van der Waals surface area (Å²) in [6, 6.07) is 3.69. The summed E-state index contributed by atoms with van der Waals surface area (Å²) in [5.41, 5.74) is -0.302. The molecule has 0 spiro atoms. The number of benzene rings is 1. The molecule has 5 aliphatic rings. The van der Waals surface area contributed by atoms with E-state index in [-0.39, 0.29) is 37.3 Å². The number of cyclic esters (lactones) is 1. The topological polar surface area (TPSA) is 186 Å². The van der Waals surface area contributed by atoms with Gasteiger partial charge in [0, 0.05) is 44.0 Å². The second kappa shape index (κ2) is 16.2. The molecule has 7 rings (SSSR count). The molecule has 316 valence electrons. The number of nitrogens with one attached hydrogen (secondary N) is 3. The molecular weight excluding hydrogens is 765 g/mol. The van der Waals surface area contributed by atoms with Crippen LogP contribution >= 0.6 is 0 Å². The van der Waals surface area contributed by atoms with Crippen LogP contribution in [0.4, 0.5) is 10.6 Å². The largest absolute Gasteiger partial charge is 0.496 e. The molecule has 1 saturated heterocycles. The number of aryl methyl sites for hydroxylation is 1. The Morgan fingerprint density at radius 2 is 1.83 bits per heavy atom. The number of carbonyl (C=O) groups excluding carboxylic acids is 4. The number of nitrogens with zero attached hydrogens (tertiary/aromatic N) is 3. The number of hydrogen-bond donors (Lipinski definition) is 3. The molecule has 4 bridgehead atoms. The number of fused-ring (bicyclic) bond motifs is 3. The first-order valence-corrected chi connectivity index (χ1v) is 22.2. The minimum atomic E-state index is -3.90. The van der Waals surface area contributed by atoms with Gasteiger partial charge < -0.3 is 34.6 Å². The summed E-state index contributed by atoms with van der Waals surface area (Å²) in [4.78, 5) is 64.9. The molecule has 2 aliphatic heterocycles. The van der Waals surface area contributed by atoms with Gasteiger partial charge in [0.1, 0.15) is 41.0 Å². The molecule has 0 radical (unpaired) electrons. The minimum absolute atomic E-state index is 0.00810. The zero-order valence-electron chi connectivity index (χ0n) is 34.3. The molecular formula is C42H58N6O9S. The van der Waals surface area contributed by atoms with E-state index in [9.17, 15) is 27.6 Å². The van der Waals surface area contributed by atoms with E-state index in [4.69, 9.17) is 19.2 Å². The number of amides is 4. The van der Waals surface area contributed by atoms with Crippen molar-refractivity contribution in [1.29, 1.82) is 0 Å². The predicted molar refractivity (Wildman–Crippen MR) is 218 cm³/mol. The molecule has 2 aromatic rings. The van der Waals surface area contributed by atoms with E-state index in [2.05, 4.69) is 21.9 Å². The Morgan fingerprint density at radius 1 is 1.09 bits per heavy atom. The summed E-state index contributed by atoms with van der Waals surface area (Å²) >= 11 is 0. The summed E-state index contributed by atoms with van der Waals surface area (Å²) < 4.78 is 46.3. The zero-order chi connectivity index (χ0) is 41.6. The number of anilines is 1. The molecule has 16 heteroatoms. The summed E-state index contributed by atoms with van der Waals surface area (Å²) in [5.74, 6) is -0.735. The molecule has 3 N–H and O–H groups in total. The van der Waals surface area contributed by atoms with Crippen LogP contribution in [0.15, 0.2) is 30.9 Å². The number of carbonyl (C=O) groups is 4. The summed E-state index contributed by atoms with van der Waals surface area (Å²) in [7, 11) is 1.48. The van der Waals surface area contributed by atoms with E-state index in [1.54, 1.807) is 7.11 Å². The fourth-order valence-electron chi connectivity index (χ4n) is 8.83. The van der Waals surface area contributed by atoms with Crippen LogP contribution in [0.3, 0.4) is 0 Å². The van der Waals surface area contributed by atoms with Gasteiger partial charge in [0.05, 0.1) is 31.0 Å². The number of methoxy groups -OCH3 is 1. The highest BCUT2D eigenvalue weighted by Crippen LogP contribution is 2.46. The molecule has 3 saturated carbocycles. The summed E-state index contributed by atoms with van der Waals surface area (Å²) in [5, 5.41) is 5.90. The third kappa shape index (κ3) is 8.71. The smallest absolute Gasteiger partial charge is 0.407 e. The molecule has 4 fully saturated rings. The highest BCUT2D eigenvalue weighted by atomic mass is 32.2. The van der Waals surface area contributed by atoms with Crippen molar-refractivity contribution in [3.8, 4) is 11.5 Å². The van der Waals surface area contributed by atoms with Crippen LogP contribution in [-0.2, 0) is 35.6 Å². The van der Waals surface area contributed by atoms with Gasteiger partial charge in [-0.2, -0.15) is 0 Å². The van der Waals surface area contributed by atoms with Crippen molar-refractivity contribution in [2.24, 2.45) is 17.3 Å². The van der Waals surface area contributed by atoms with Crippen LogP contribution in [0.2, 0.25) is 0 Å². The van der Waals surface area contributed by atoms with Gasteiger partial charge in [-0.25, -0.2) is 18.2 Å². The molecule has 3 heterocycles. The number of rotatable bonds is 9. The normalized spacial score (nSPS) is 28.0. The maximum Gasteiger partial charge on any atom is 0.407 e. The Morgan fingerprint density at radius 3 is 2.48 bits per heavy atom. The predicted octanol–water partition coefficient (Wildman–Crippen LogP) is 4.36. The van der Waals surface area contributed by atoms with Gasteiger partial charge in [-0.15, -0.1) is 6.58 Å². The quantitative estimate of drug-likeness (QED) is 0.305. The summed E-state index contributed by atoms with van der Waals surface area (Å²) in [6.07, 6.45) is 7.77. The highest BCUT2D eigenvalue weighted by molar-refractivity contribution is 7.91. The van der Waals surface area contributed by atoms with Crippen molar-refractivity contribution in [2.75, 3.05) is 39.3 Å².